The Morgan fingerprint density at radius 1 is 0.600 bits per heavy atom. The van der Waals surface area contributed by atoms with Crippen LogP contribution in [0.15, 0.2) is 109 Å². The normalized spacial score (nSPS) is 17.7. The molecule has 194 valence electrons. The van der Waals surface area contributed by atoms with Gasteiger partial charge in [0.1, 0.15) is 17.5 Å². The minimum absolute atomic E-state index is 0.183. The SMILES string of the molecule is COc1ccc(N2C(=O)C(Oc3ccc4ccccc4c3)C2c2ccc3c(c2)C(=O)c2ccccc2C3=O)cc1. The fourth-order valence-corrected chi connectivity index (χ4v) is 5.62. The second kappa shape index (κ2) is 9.20. The van der Waals surface area contributed by atoms with Gasteiger partial charge in [-0.3, -0.25) is 19.3 Å². The first-order chi connectivity index (χ1) is 19.5. The molecule has 2 atom stereocenters. The molecule has 1 saturated heterocycles. The highest BCUT2D eigenvalue weighted by molar-refractivity contribution is 6.28. The van der Waals surface area contributed by atoms with Crippen molar-refractivity contribution in [1.29, 1.82) is 0 Å². The van der Waals surface area contributed by atoms with Gasteiger partial charge in [-0.25, -0.2) is 0 Å². The molecule has 5 aromatic carbocycles. The summed E-state index contributed by atoms with van der Waals surface area (Å²) in [4.78, 5) is 41.9. The standard InChI is InChI=1S/C34H23NO5/c1-39-24-15-12-23(13-16-24)35-30(33(34(35)38)40-25-14-10-20-6-2-3-7-21(20)18-25)22-11-17-28-29(19-22)32(37)27-9-5-4-8-26(27)31(28)36/h2-19,30,33H,1H3. The van der Waals surface area contributed by atoms with Crippen molar-refractivity contribution < 1.29 is 23.9 Å². The van der Waals surface area contributed by atoms with E-state index in [4.69, 9.17) is 9.47 Å². The summed E-state index contributed by atoms with van der Waals surface area (Å²) in [5, 5.41) is 2.08. The molecule has 7 rings (SSSR count). The first-order valence-corrected chi connectivity index (χ1v) is 13.0. The number of rotatable bonds is 5. The summed E-state index contributed by atoms with van der Waals surface area (Å²) >= 11 is 0. The number of benzene rings is 5. The summed E-state index contributed by atoms with van der Waals surface area (Å²) in [5.74, 6) is 0.662. The van der Waals surface area contributed by atoms with E-state index in [1.165, 1.54) is 0 Å². The molecule has 1 heterocycles. The molecule has 5 aromatic rings. The third-order valence-electron chi connectivity index (χ3n) is 7.67. The number of hydrogen-bond donors (Lipinski definition) is 0. The van der Waals surface area contributed by atoms with E-state index in [9.17, 15) is 14.4 Å². The number of carbonyl (C=O) groups is 3. The molecule has 1 fully saturated rings. The summed E-state index contributed by atoms with van der Waals surface area (Å²) in [5.41, 5.74) is 2.88. The Kier molecular flexibility index (Phi) is 5.49. The monoisotopic (exact) mass is 525 g/mol. The molecule has 1 aliphatic carbocycles. The third kappa shape index (κ3) is 3.68. The third-order valence-corrected chi connectivity index (χ3v) is 7.67. The molecule has 0 aromatic heterocycles. The fourth-order valence-electron chi connectivity index (χ4n) is 5.62. The molecule has 1 amide bonds. The lowest BCUT2D eigenvalue weighted by atomic mass is 9.81. The number of β-lactam (4-membered cyclic amide) rings is 1. The highest BCUT2D eigenvalue weighted by atomic mass is 16.5. The number of ether oxygens (including phenoxy) is 2. The first-order valence-electron chi connectivity index (χ1n) is 13.0. The van der Waals surface area contributed by atoms with E-state index in [0.29, 0.717) is 45.0 Å². The average molecular weight is 526 g/mol. The van der Waals surface area contributed by atoms with E-state index in [-0.39, 0.29) is 17.5 Å². The molecular formula is C34H23NO5. The van der Waals surface area contributed by atoms with E-state index in [1.54, 1.807) is 60.5 Å². The van der Waals surface area contributed by atoms with Crippen LogP contribution in [0.4, 0.5) is 5.69 Å². The molecule has 0 bridgehead atoms. The maximum Gasteiger partial charge on any atom is 0.271 e. The van der Waals surface area contributed by atoms with Gasteiger partial charge < -0.3 is 9.47 Å². The van der Waals surface area contributed by atoms with Gasteiger partial charge in [-0.15, -0.1) is 0 Å². The Bertz CT molecular complexity index is 1840. The lowest BCUT2D eigenvalue weighted by Crippen LogP contribution is -2.61. The van der Waals surface area contributed by atoms with Crippen LogP contribution in [0.5, 0.6) is 11.5 Å². The number of ketones is 2. The summed E-state index contributed by atoms with van der Waals surface area (Å²) < 4.78 is 11.6. The zero-order valence-electron chi connectivity index (χ0n) is 21.5. The van der Waals surface area contributed by atoms with Crippen molar-refractivity contribution in [3.05, 3.63) is 137 Å². The van der Waals surface area contributed by atoms with Gasteiger partial charge in [0.25, 0.3) is 5.91 Å². The molecule has 0 spiro atoms. The Hall–Kier alpha value is -5.23. The minimum atomic E-state index is -0.817. The van der Waals surface area contributed by atoms with Crippen LogP contribution in [0.3, 0.4) is 0 Å². The summed E-state index contributed by atoms with van der Waals surface area (Å²) in [7, 11) is 1.59. The minimum Gasteiger partial charge on any atom is -0.497 e. The number of carbonyl (C=O) groups excluding carboxylic acids is 3. The number of anilines is 1. The Morgan fingerprint density at radius 3 is 1.95 bits per heavy atom. The van der Waals surface area contributed by atoms with E-state index >= 15 is 0 Å². The van der Waals surface area contributed by atoms with Crippen molar-refractivity contribution in [2.45, 2.75) is 12.1 Å². The smallest absolute Gasteiger partial charge is 0.271 e. The number of nitrogens with zero attached hydrogens (tertiary/aromatic N) is 1. The van der Waals surface area contributed by atoms with Crippen LogP contribution >= 0.6 is 0 Å². The maximum atomic E-state index is 13.6. The van der Waals surface area contributed by atoms with Gasteiger partial charge in [-0.1, -0.05) is 60.7 Å². The van der Waals surface area contributed by atoms with Crippen LogP contribution in [0.1, 0.15) is 43.4 Å². The van der Waals surface area contributed by atoms with Crippen LogP contribution in [0, 0.1) is 0 Å². The van der Waals surface area contributed by atoms with Crippen molar-refractivity contribution in [2.24, 2.45) is 0 Å². The summed E-state index contributed by atoms with van der Waals surface area (Å²) in [6.45, 7) is 0. The zero-order valence-corrected chi connectivity index (χ0v) is 21.5. The Balaban J connectivity index is 1.30. The molecule has 0 saturated carbocycles. The van der Waals surface area contributed by atoms with E-state index < -0.39 is 12.1 Å². The number of amides is 1. The van der Waals surface area contributed by atoms with E-state index in [0.717, 1.165) is 10.8 Å². The van der Waals surface area contributed by atoms with Gasteiger partial charge in [-0.05, 0) is 64.9 Å². The largest absolute Gasteiger partial charge is 0.497 e. The van der Waals surface area contributed by atoms with Crippen LogP contribution in [-0.4, -0.2) is 30.7 Å². The lowest BCUT2D eigenvalue weighted by molar-refractivity contribution is -0.135. The molecule has 0 N–H and O–H groups in total. The molecule has 2 aliphatic rings. The fraction of sp³-hybridized carbons (Fsp3) is 0.0882. The lowest BCUT2D eigenvalue weighted by Gasteiger charge is -2.47. The second-order valence-corrected chi connectivity index (χ2v) is 9.91. The van der Waals surface area contributed by atoms with Gasteiger partial charge in [0, 0.05) is 27.9 Å². The molecule has 40 heavy (non-hydrogen) atoms. The number of fused-ring (bicyclic) bond motifs is 3. The van der Waals surface area contributed by atoms with Gasteiger partial charge in [0.05, 0.1) is 7.11 Å². The van der Waals surface area contributed by atoms with E-state index in [2.05, 4.69) is 0 Å². The number of hydrogen-bond acceptors (Lipinski definition) is 5. The Labute approximate surface area is 230 Å². The molecule has 1 aliphatic heterocycles. The van der Waals surface area contributed by atoms with Crippen molar-refractivity contribution in [3.63, 3.8) is 0 Å². The van der Waals surface area contributed by atoms with Crippen LogP contribution in [-0.2, 0) is 4.79 Å². The topological polar surface area (TPSA) is 72.9 Å². The van der Waals surface area contributed by atoms with E-state index in [1.807, 2.05) is 60.7 Å². The molecule has 6 nitrogen and oxygen atoms in total. The second-order valence-electron chi connectivity index (χ2n) is 9.91. The van der Waals surface area contributed by atoms with Gasteiger partial charge >= 0.3 is 0 Å². The molecule has 6 heteroatoms. The number of methoxy groups -OCH3 is 1. The van der Waals surface area contributed by atoms with Crippen LogP contribution in [0.2, 0.25) is 0 Å². The highest BCUT2D eigenvalue weighted by Crippen LogP contribution is 2.43. The van der Waals surface area contributed by atoms with Gasteiger partial charge in [-0.2, -0.15) is 0 Å². The molecular weight excluding hydrogens is 502 g/mol. The zero-order chi connectivity index (χ0) is 27.4. The average Bonchev–Trinajstić information content (AvgIpc) is 3.01. The Morgan fingerprint density at radius 2 is 1.23 bits per heavy atom. The van der Waals surface area contributed by atoms with Crippen molar-refractivity contribution in [3.8, 4) is 11.5 Å². The summed E-state index contributed by atoms with van der Waals surface area (Å²) in [6.07, 6.45) is -0.817. The summed E-state index contributed by atoms with van der Waals surface area (Å²) in [6, 6.07) is 32.5. The van der Waals surface area contributed by atoms with Crippen molar-refractivity contribution in [1.82, 2.24) is 0 Å². The van der Waals surface area contributed by atoms with Gasteiger partial charge in [0.2, 0.25) is 6.10 Å². The maximum absolute atomic E-state index is 13.6. The predicted octanol–water partition coefficient (Wildman–Crippen LogP) is 6.16. The molecule has 2 unspecified atom stereocenters. The predicted molar refractivity (Wildman–Crippen MR) is 151 cm³/mol. The van der Waals surface area contributed by atoms with Crippen molar-refractivity contribution >= 4 is 33.9 Å². The quantitative estimate of drug-likeness (QED) is 0.252. The van der Waals surface area contributed by atoms with Crippen LogP contribution in [0.25, 0.3) is 10.8 Å². The van der Waals surface area contributed by atoms with Crippen LogP contribution < -0.4 is 14.4 Å². The highest BCUT2D eigenvalue weighted by Gasteiger charge is 2.51. The molecule has 0 radical (unpaired) electrons. The van der Waals surface area contributed by atoms with Crippen molar-refractivity contribution in [2.75, 3.05) is 12.0 Å². The van der Waals surface area contributed by atoms with Gasteiger partial charge in [0.15, 0.2) is 11.6 Å². The first kappa shape index (κ1) is 23.9.